The van der Waals surface area contributed by atoms with Gasteiger partial charge in [-0.2, -0.15) is 4.98 Å². The van der Waals surface area contributed by atoms with Gasteiger partial charge in [0.1, 0.15) is 0 Å². The number of carbonyl (C=O) groups is 1. The van der Waals surface area contributed by atoms with Crippen LogP contribution in [0.15, 0.2) is 34.9 Å². The average molecular weight is 353 g/mol. The number of carbonyl (C=O) groups excluding carboxylic acids is 1. The van der Waals surface area contributed by atoms with Crippen LogP contribution in [0, 0.1) is 11.8 Å². The summed E-state index contributed by atoms with van der Waals surface area (Å²) in [5.74, 6) is 3.12. The molecule has 0 radical (unpaired) electrons. The maximum Gasteiger partial charge on any atom is 0.226 e. The summed E-state index contributed by atoms with van der Waals surface area (Å²) < 4.78 is 5.33. The lowest BCUT2D eigenvalue weighted by Gasteiger charge is -2.41. The van der Waals surface area contributed by atoms with Gasteiger partial charge in [-0.3, -0.25) is 4.79 Å². The molecule has 4 rings (SSSR count). The van der Waals surface area contributed by atoms with Crippen molar-refractivity contribution < 1.29 is 9.32 Å². The minimum Gasteiger partial charge on any atom is -0.342 e. The summed E-state index contributed by atoms with van der Waals surface area (Å²) in [4.78, 5) is 19.1. The summed E-state index contributed by atoms with van der Waals surface area (Å²) in [5, 5.41) is 4.04. The Kier molecular flexibility index (Phi) is 5.32. The first-order valence-electron chi connectivity index (χ1n) is 9.95. The van der Waals surface area contributed by atoms with E-state index in [1.807, 2.05) is 30.3 Å². The molecule has 138 valence electrons. The van der Waals surface area contributed by atoms with Crippen LogP contribution in [-0.2, 0) is 11.2 Å². The van der Waals surface area contributed by atoms with Gasteiger partial charge in [0.2, 0.25) is 17.6 Å². The van der Waals surface area contributed by atoms with Crippen molar-refractivity contribution in [3.8, 4) is 11.4 Å². The van der Waals surface area contributed by atoms with Crippen molar-refractivity contribution in [2.24, 2.45) is 11.8 Å². The van der Waals surface area contributed by atoms with E-state index in [4.69, 9.17) is 4.52 Å². The molecule has 0 N–H and O–H groups in total. The minimum atomic E-state index is 0.289. The van der Waals surface area contributed by atoms with Gasteiger partial charge in [0.05, 0.1) is 0 Å². The molecule has 5 nitrogen and oxygen atoms in total. The number of hydrogen-bond donors (Lipinski definition) is 0. The van der Waals surface area contributed by atoms with Gasteiger partial charge in [-0.25, -0.2) is 0 Å². The zero-order chi connectivity index (χ0) is 17.8. The zero-order valence-electron chi connectivity index (χ0n) is 15.3. The van der Waals surface area contributed by atoms with E-state index < -0.39 is 0 Å². The molecule has 0 bridgehead atoms. The van der Waals surface area contributed by atoms with Crippen LogP contribution >= 0.6 is 0 Å². The number of nitrogens with zero attached hydrogens (tertiary/aromatic N) is 3. The Morgan fingerprint density at radius 2 is 1.92 bits per heavy atom. The Bertz CT molecular complexity index is 728. The maximum atomic E-state index is 12.5. The number of likely N-dealkylation sites (tertiary alicyclic amines) is 1. The third-order valence-corrected chi connectivity index (χ3v) is 5.93. The van der Waals surface area contributed by atoms with Crippen molar-refractivity contribution in [1.29, 1.82) is 0 Å². The van der Waals surface area contributed by atoms with E-state index >= 15 is 0 Å². The van der Waals surface area contributed by atoms with E-state index in [0.29, 0.717) is 24.6 Å². The predicted molar refractivity (Wildman–Crippen MR) is 99.3 cm³/mol. The van der Waals surface area contributed by atoms with Crippen LogP contribution in [0.25, 0.3) is 11.4 Å². The van der Waals surface area contributed by atoms with E-state index in [1.54, 1.807) is 0 Å². The largest absolute Gasteiger partial charge is 0.342 e. The summed E-state index contributed by atoms with van der Waals surface area (Å²) in [6.07, 6.45) is 8.58. The van der Waals surface area contributed by atoms with Gasteiger partial charge in [0.15, 0.2) is 0 Å². The third kappa shape index (κ3) is 3.97. The molecule has 1 aliphatic heterocycles. The van der Waals surface area contributed by atoms with Crippen LogP contribution in [0.5, 0.6) is 0 Å². The second kappa shape index (κ2) is 8.02. The Morgan fingerprint density at radius 3 is 2.77 bits per heavy atom. The monoisotopic (exact) mass is 353 g/mol. The second-order valence-electron chi connectivity index (χ2n) is 7.66. The fourth-order valence-electron chi connectivity index (χ4n) is 4.44. The normalized spacial score (nSPS) is 22.8. The van der Waals surface area contributed by atoms with Gasteiger partial charge in [-0.15, -0.1) is 0 Å². The Labute approximate surface area is 154 Å². The first-order valence-corrected chi connectivity index (χ1v) is 9.95. The minimum absolute atomic E-state index is 0.289. The second-order valence-corrected chi connectivity index (χ2v) is 7.66. The van der Waals surface area contributed by atoms with Crippen molar-refractivity contribution in [2.75, 3.05) is 13.1 Å². The molecule has 1 aliphatic carbocycles. The summed E-state index contributed by atoms with van der Waals surface area (Å²) in [7, 11) is 0. The number of aryl methyl sites for hydroxylation is 1. The number of amides is 1. The van der Waals surface area contributed by atoms with E-state index in [2.05, 4.69) is 15.0 Å². The first-order chi connectivity index (χ1) is 12.8. The first kappa shape index (κ1) is 17.3. The standard InChI is InChI=1S/C21H27N3O2/c25-20(24-14-13-16-7-4-5-10-18(16)15-24)12-6-11-19-22-21(23-26-19)17-8-2-1-3-9-17/h1-3,8-9,16,18H,4-7,10-15H2. The molecule has 1 aromatic carbocycles. The third-order valence-electron chi connectivity index (χ3n) is 5.93. The lowest BCUT2D eigenvalue weighted by molar-refractivity contribution is -0.134. The van der Waals surface area contributed by atoms with Gasteiger partial charge in [-0.1, -0.05) is 54.8 Å². The number of fused-ring (bicyclic) bond motifs is 1. The number of aromatic nitrogens is 2. The molecule has 1 saturated heterocycles. The molecule has 2 aliphatic rings. The van der Waals surface area contributed by atoms with Gasteiger partial charge in [-0.05, 0) is 31.1 Å². The Hall–Kier alpha value is -2.17. The lowest BCUT2D eigenvalue weighted by Crippen LogP contribution is -2.44. The van der Waals surface area contributed by atoms with Crippen LogP contribution in [0.4, 0.5) is 0 Å². The quantitative estimate of drug-likeness (QED) is 0.812. The van der Waals surface area contributed by atoms with Crippen molar-refractivity contribution in [3.63, 3.8) is 0 Å². The average Bonchev–Trinajstić information content (AvgIpc) is 3.17. The van der Waals surface area contributed by atoms with Crippen LogP contribution in [0.3, 0.4) is 0 Å². The highest BCUT2D eigenvalue weighted by atomic mass is 16.5. The SMILES string of the molecule is O=C(CCCc1nc(-c2ccccc2)no1)N1CCC2CCCCC2C1. The zero-order valence-corrected chi connectivity index (χ0v) is 15.3. The highest BCUT2D eigenvalue weighted by Gasteiger charge is 2.32. The summed E-state index contributed by atoms with van der Waals surface area (Å²) in [6, 6.07) is 9.81. The van der Waals surface area contributed by atoms with Gasteiger partial charge < -0.3 is 9.42 Å². The molecule has 1 amide bonds. The molecule has 0 spiro atoms. The predicted octanol–water partition coefficient (Wildman–Crippen LogP) is 4.10. The fraction of sp³-hybridized carbons (Fsp3) is 0.571. The molecular weight excluding hydrogens is 326 g/mol. The smallest absolute Gasteiger partial charge is 0.226 e. The molecular formula is C21H27N3O2. The van der Waals surface area contributed by atoms with Crippen LogP contribution < -0.4 is 0 Å². The van der Waals surface area contributed by atoms with E-state index in [-0.39, 0.29) is 5.91 Å². The van der Waals surface area contributed by atoms with Crippen LogP contribution in [-0.4, -0.2) is 34.0 Å². The highest BCUT2D eigenvalue weighted by Crippen LogP contribution is 2.36. The summed E-state index contributed by atoms with van der Waals surface area (Å²) in [5.41, 5.74) is 0.953. The van der Waals surface area contributed by atoms with E-state index in [1.165, 1.54) is 32.1 Å². The lowest BCUT2D eigenvalue weighted by atomic mass is 9.75. The topological polar surface area (TPSA) is 59.2 Å². The number of rotatable bonds is 5. The number of piperidine rings is 1. The number of hydrogen-bond acceptors (Lipinski definition) is 4. The van der Waals surface area contributed by atoms with Crippen LogP contribution in [0.2, 0.25) is 0 Å². The molecule has 2 heterocycles. The van der Waals surface area contributed by atoms with Crippen molar-refractivity contribution >= 4 is 5.91 Å². The van der Waals surface area contributed by atoms with E-state index in [0.717, 1.165) is 36.9 Å². The Morgan fingerprint density at radius 1 is 1.12 bits per heavy atom. The molecule has 1 saturated carbocycles. The summed E-state index contributed by atoms with van der Waals surface area (Å²) >= 11 is 0. The number of benzene rings is 1. The van der Waals surface area contributed by atoms with Gasteiger partial charge in [0, 0.05) is 31.5 Å². The van der Waals surface area contributed by atoms with Gasteiger partial charge >= 0.3 is 0 Å². The van der Waals surface area contributed by atoms with Gasteiger partial charge in [0.25, 0.3) is 0 Å². The molecule has 5 heteroatoms. The fourth-order valence-corrected chi connectivity index (χ4v) is 4.44. The maximum absolute atomic E-state index is 12.5. The molecule has 2 atom stereocenters. The molecule has 2 unspecified atom stereocenters. The molecule has 2 fully saturated rings. The summed E-state index contributed by atoms with van der Waals surface area (Å²) in [6.45, 7) is 1.92. The van der Waals surface area contributed by atoms with Crippen molar-refractivity contribution in [2.45, 2.75) is 51.4 Å². The van der Waals surface area contributed by atoms with Crippen molar-refractivity contribution in [3.05, 3.63) is 36.2 Å². The van der Waals surface area contributed by atoms with Crippen LogP contribution in [0.1, 0.15) is 50.8 Å². The highest BCUT2D eigenvalue weighted by molar-refractivity contribution is 5.76. The molecule has 1 aromatic heterocycles. The molecule has 26 heavy (non-hydrogen) atoms. The van der Waals surface area contributed by atoms with E-state index in [9.17, 15) is 4.79 Å². The molecule has 2 aromatic rings. The van der Waals surface area contributed by atoms with Crippen molar-refractivity contribution in [1.82, 2.24) is 15.0 Å². The Balaban J connectivity index is 1.24.